The topological polar surface area (TPSA) is 18.5 Å². The van der Waals surface area contributed by atoms with E-state index < -0.39 is 0 Å². The zero-order chi connectivity index (χ0) is 9.23. The van der Waals surface area contributed by atoms with Gasteiger partial charge in [-0.2, -0.15) is 0 Å². The van der Waals surface area contributed by atoms with Crippen LogP contribution in [0.5, 0.6) is 0 Å². The fourth-order valence-electron chi connectivity index (χ4n) is 0.721. The first kappa shape index (κ1) is 12.3. The van der Waals surface area contributed by atoms with Crippen LogP contribution in [0.4, 0.5) is 0 Å². The highest BCUT2D eigenvalue weighted by molar-refractivity contribution is 7.94. The molecule has 2 radical (unpaired) electrons. The highest BCUT2D eigenvalue weighted by Crippen LogP contribution is 2.08. The van der Waals surface area contributed by atoms with Gasteiger partial charge in [-0.25, -0.2) is 0 Å². The maximum atomic E-state index is 5.39. The molecule has 2 nitrogen and oxygen atoms in total. The lowest BCUT2D eigenvalue weighted by molar-refractivity contribution is 0.0627. The Morgan fingerprint density at radius 3 is 2.75 bits per heavy atom. The highest BCUT2D eigenvalue weighted by Gasteiger charge is 2.05. The molecular formula is C8H17BO2S. The molecule has 1 atom stereocenters. The van der Waals surface area contributed by atoms with Crippen molar-refractivity contribution in [1.82, 2.24) is 0 Å². The molecule has 1 unspecified atom stereocenters. The molecule has 0 aliphatic rings. The molecule has 0 fully saturated rings. The van der Waals surface area contributed by atoms with Crippen molar-refractivity contribution in [2.45, 2.75) is 32.2 Å². The number of hydrogen-bond acceptors (Lipinski definition) is 3. The standard InChI is InChI=1S/C8H17BO2S/c1-3-6-12-11-7-8(10-2)4-5-9/h8H,3-7H2,1-2H3. The lowest BCUT2D eigenvalue weighted by Gasteiger charge is -2.13. The first-order valence-electron chi connectivity index (χ1n) is 4.32. The van der Waals surface area contributed by atoms with Gasteiger partial charge in [0.2, 0.25) is 0 Å². The van der Waals surface area contributed by atoms with E-state index in [0.717, 1.165) is 18.6 Å². The van der Waals surface area contributed by atoms with Crippen LogP contribution in [0.15, 0.2) is 0 Å². The van der Waals surface area contributed by atoms with Crippen LogP contribution >= 0.6 is 12.0 Å². The van der Waals surface area contributed by atoms with E-state index >= 15 is 0 Å². The van der Waals surface area contributed by atoms with E-state index in [1.807, 2.05) is 0 Å². The van der Waals surface area contributed by atoms with Crippen molar-refractivity contribution in [3.05, 3.63) is 0 Å². The van der Waals surface area contributed by atoms with Gasteiger partial charge in [-0.05, 0) is 24.9 Å². The molecule has 0 rings (SSSR count). The smallest absolute Gasteiger partial charge is 0.0875 e. The Bertz CT molecular complexity index is 93.1. The molecule has 0 bridgehead atoms. The van der Waals surface area contributed by atoms with E-state index in [0.29, 0.717) is 12.9 Å². The first-order chi connectivity index (χ1) is 5.85. The third-order valence-corrected chi connectivity index (χ3v) is 2.32. The van der Waals surface area contributed by atoms with Gasteiger partial charge in [-0.15, -0.1) is 0 Å². The molecule has 0 aromatic rings. The summed E-state index contributed by atoms with van der Waals surface area (Å²) in [4.78, 5) is 0. The van der Waals surface area contributed by atoms with E-state index in [9.17, 15) is 0 Å². The van der Waals surface area contributed by atoms with Crippen molar-refractivity contribution < 1.29 is 8.92 Å². The Hall–Kier alpha value is 0.335. The van der Waals surface area contributed by atoms with Crippen LogP contribution in [0, 0.1) is 0 Å². The molecule has 0 saturated carbocycles. The van der Waals surface area contributed by atoms with Crippen molar-refractivity contribution in [2.24, 2.45) is 0 Å². The summed E-state index contributed by atoms with van der Waals surface area (Å²) in [5.41, 5.74) is 0. The Morgan fingerprint density at radius 1 is 1.50 bits per heavy atom. The molecule has 0 aliphatic carbocycles. The third kappa shape index (κ3) is 7.01. The summed E-state index contributed by atoms with van der Waals surface area (Å²) in [6.07, 6.45) is 2.81. The molecule has 0 amide bonds. The fraction of sp³-hybridized carbons (Fsp3) is 1.00. The largest absolute Gasteiger partial charge is 0.379 e. The van der Waals surface area contributed by atoms with Crippen LogP contribution in [0.1, 0.15) is 19.8 Å². The Kier molecular flexibility index (Phi) is 9.69. The Labute approximate surface area is 81.0 Å². The molecule has 0 saturated heterocycles. The van der Waals surface area contributed by atoms with Gasteiger partial charge >= 0.3 is 0 Å². The summed E-state index contributed by atoms with van der Waals surface area (Å²) in [6, 6.07) is 0. The normalized spacial score (nSPS) is 13.2. The lowest BCUT2D eigenvalue weighted by atomic mass is 9.99. The second-order valence-electron chi connectivity index (χ2n) is 2.54. The van der Waals surface area contributed by atoms with Crippen molar-refractivity contribution in [1.29, 1.82) is 0 Å². The van der Waals surface area contributed by atoms with E-state index in [2.05, 4.69) is 6.92 Å². The number of rotatable bonds is 8. The van der Waals surface area contributed by atoms with Gasteiger partial charge in [0.05, 0.1) is 20.6 Å². The van der Waals surface area contributed by atoms with Crippen molar-refractivity contribution in [3.63, 3.8) is 0 Å². The number of hydrogen-bond donors (Lipinski definition) is 0. The third-order valence-electron chi connectivity index (χ3n) is 1.45. The van der Waals surface area contributed by atoms with Crippen LogP contribution < -0.4 is 0 Å². The van der Waals surface area contributed by atoms with E-state index in [1.165, 1.54) is 12.0 Å². The van der Waals surface area contributed by atoms with Crippen molar-refractivity contribution >= 4 is 19.9 Å². The van der Waals surface area contributed by atoms with Gasteiger partial charge in [-0.3, -0.25) is 0 Å². The molecule has 70 valence electrons. The fourth-order valence-corrected chi connectivity index (χ4v) is 1.25. The van der Waals surface area contributed by atoms with Gasteiger partial charge in [0.1, 0.15) is 0 Å². The van der Waals surface area contributed by atoms with E-state index in [-0.39, 0.29) is 6.10 Å². The summed E-state index contributed by atoms with van der Waals surface area (Å²) < 4.78 is 10.5. The predicted molar refractivity (Wildman–Crippen MR) is 54.7 cm³/mol. The summed E-state index contributed by atoms with van der Waals surface area (Å²) in [7, 11) is 7.08. The minimum Gasteiger partial charge on any atom is -0.379 e. The second-order valence-corrected chi connectivity index (χ2v) is 3.42. The molecule has 4 heteroatoms. The minimum absolute atomic E-state index is 0.152. The van der Waals surface area contributed by atoms with Gasteiger partial charge in [0.25, 0.3) is 0 Å². The molecule has 0 aromatic carbocycles. The minimum atomic E-state index is 0.152. The molecular weight excluding hydrogens is 171 g/mol. The average Bonchev–Trinajstić information content (AvgIpc) is 2.10. The van der Waals surface area contributed by atoms with Crippen molar-refractivity contribution in [3.8, 4) is 0 Å². The summed E-state index contributed by atoms with van der Waals surface area (Å²) >= 11 is 1.50. The lowest BCUT2D eigenvalue weighted by Crippen LogP contribution is -2.16. The molecule has 12 heavy (non-hydrogen) atoms. The van der Waals surface area contributed by atoms with E-state index in [1.54, 1.807) is 7.11 Å². The van der Waals surface area contributed by atoms with Gasteiger partial charge < -0.3 is 8.92 Å². The molecule has 0 heterocycles. The number of ether oxygens (including phenoxy) is 1. The maximum absolute atomic E-state index is 5.39. The van der Waals surface area contributed by atoms with Gasteiger partial charge in [-0.1, -0.05) is 13.2 Å². The average molecular weight is 188 g/mol. The zero-order valence-electron chi connectivity index (χ0n) is 7.91. The summed E-state index contributed by atoms with van der Waals surface area (Å²) in [6.45, 7) is 2.77. The Balaban J connectivity index is 3.19. The SMILES string of the molecule is [B]CCC(COSCCC)OC. The van der Waals surface area contributed by atoms with Crippen LogP contribution in [0.25, 0.3) is 0 Å². The summed E-state index contributed by atoms with van der Waals surface area (Å²) in [5, 5.41) is 0. The maximum Gasteiger partial charge on any atom is 0.0875 e. The molecule has 0 aromatic heterocycles. The van der Waals surface area contributed by atoms with Gasteiger partial charge in [0.15, 0.2) is 0 Å². The molecule has 0 spiro atoms. The van der Waals surface area contributed by atoms with Crippen LogP contribution in [-0.4, -0.2) is 33.4 Å². The molecule has 0 N–H and O–H groups in total. The van der Waals surface area contributed by atoms with Crippen LogP contribution in [0.2, 0.25) is 6.32 Å². The van der Waals surface area contributed by atoms with Crippen molar-refractivity contribution in [2.75, 3.05) is 19.5 Å². The Morgan fingerprint density at radius 2 is 2.25 bits per heavy atom. The monoisotopic (exact) mass is 188 g/mol. The first-order valence-corrected chi connectivity index (χ1v) is 5.23. The number of methoxy groups -OCH3 is 1. The van der Waals surface area contributed by atoms with Crippen LogP contribution in [0.3, 0.4) is 0 Å². The predicted octanol–water partition coefficient (Wildman–Crippen LogP) is 2.05. The zero-order valence-corrected chi connectivity index (χ0v) is 8.73. The van der Waals surface area contributed by atoms with Crippen LogP contribution in [-0.2, 0) is 8.92 Å². The van der Waals surface area contributed by atoms with Gasteiger partial charge in [0, 0.05) is 12.9 Å². The quantitative estimate of drug-likeness (QED) is 0.330. The summed E-state index contributed by atoms with van der Waals surface area (Å²) in [5.74, 6) is 1.04. The second kappa shape index (κ2) is 9.42. The highest BCUT2D eigenvalue weighted by atomic mass is 32.2. The van der Waals surface area contributed by atoms with E-state index in [4.69, 9.17) is 16.8 Å². The molecule has 0 aliphatic heterocycles.